The number of nitrogens with zero attached hydrogens (tertiary/aromatic N) is 3. The molecule has 15 nitrogen and oxygen atoms in total. The number of carbonyl (C=O) groups excluding carboxylic acids is 3. The summed E-state index contributed by atoms with van der Waals surface area (Å²) in [5.74, 6) is -1.53. The molecule has 0 radical (unpaired) electrons. The quantitative estimate of drug-likeness (QED) is 0.216. The summed E-state index contributed by atoms with van der Waals surface area (Å²) in [6, 6.07) is 14.0. The number of anilines is 1. The van der Waals surface area contributed by atoms with E-state index in [0.717, 1.165) is 0 Å². The summed E-state index contributed by atoms with van der Waals surface area (Å²) in [5, 5.41) is 22.0. The number of nitrogens with one attached hydrogen (secondary N) is 1. The normalized spacial score (nSPS) is 20.2. The molecule has 0 aliphatic carbocycles. The van der Waals surface area contributed by atoms with Crippen molar-refractivity contribution in [2.75, 3.05) is 66.1 Å². The van der Waals surface area contributed by atoms with E-state index in [4.69, 9.17) is 30.5 Å². The zero-order chi connectivity index (χ0) is 38.9. The minimum Gasteiger partial charge on any atom is -0.497 e. The van der Waals surface area contributed by atoms with Gasteiger partial charge in [0.15, 0.2) is 5.54 Å². The van der Waals surface area contributed by atoms with Crippen LogP contribution in [0.4, 0.5) is 5.69 Å². The van der Waals surface area contributed by atoms with Crippen molar-refractivity contribution in [3.8, 4) is 17.2 Å². The Labute approximate surface area is 313 Å². The molecule has 1 fully saturated rings. The number of carbonyl (C=O) groups is 3. The number of rotatable bonds is 14. The third-order valence-electron chi connectivity index (χ3n) is 9.46. The summed E-state index contributed by atoms with van der Waals surface area (Å²) in [7, 11) is 2.47. The summed E-state index contributed by atoms with van der Waals surface area (Å²) in [6.07, 6.45) is -0.834. The van der Waals surface area contributed by atoms with Crippen molar-refractivity contribution in [2.24, 2.45) is 0 Å². The largest absolute Gasteiger partial charge is 0.497 e. The second kappa shape index (κ2) is 15.5. The van der Waals surface area contributed by atoms with E-state index in [1.165, 1.54) is 69.6 Å². The fourth-order valence-electron chi connectivity index (χ4n) is 6.82. The lowest BCUT2D eigenvalue weighted by Gasteiger charge is -2.42. The molecule has 3 aromatic carbocycles. The summed E-state index contributed by atoms with van der Waals surface area (Å²) in [6.45, 7) is -0.240. The first kappa shape index (κ1) is 39.8. The number of fused-ring (bicyclic) bond motifs is 1. The van der Waals surface area contributed by atoms with Crippen molar-refractivity contribution in [1.29, 1.82) is 0 Å². The van der Waals surface area contributed by atoms with Crippen LogP contribution in [-0.4, -0.2) is 126 Å². The van der Waals surface area contributed by atoms with Gasteiger partial charge in [0, 0.05) is 42.9 Å². The maximum absolute atomic E-state index is 15.6. The number of ether oxygens (including phenoxy) is 4. The van der Waals surface area contributed by atoms with Crippen molar-refractivity contribution in [3.05, 3.63) is 76.8 Å². The number of halogens is 1. The number of likely N-dealkylation sites (tertiary alicyclic amines) is 1. The topological polar surface area (TPSA) is 184 Å². The van der Waals surface area contributed by atoms with E-state index in [9.17, 15) is 28.2 Å². The van der Waals surface area contributed by atoms with Crippen LogP contribution in [0.5, 0.6) is 17.2 Å². The Bertz CT molecular complexity index is 1990. The van der Waals surface area contributed by atoms with Gasteiger partial charge in [0.2, 0.25) is 11.8 Å². The first-order valence-electron chi connectivity index (χ1n) is 16.5. The standard InChI is InChI=1S/C36H43ClN4O11S/c1-35(20-42,21-43)38-32(44)19-52-24-16-28(33(45)39(2)3)40(18-24)36(25-9-7-8-10-29(25)50-5)26-15-22(37)11-13-27(26)41(34(36)46)53(47,48)31-14-12-23(49-4)17-30(31)51-6/h7-15,17,24,28,42-43H,16,18-21H2,1-6H3,(H,38,44)/t24-,28+,36?/m1/s1. The number of hydrogen-bond acceptors (Lipinski definition) is 12. The van der Waals surface area contributed by atoms with Crippen LogP contribution in [0.15, 0.2) is 65.6 Å². The molecule has 1 saturated heterocycles. The predicted molar refractivity (Wildman–Crippen MR) is 194 cm³/mol. The van der Waals surface area contributed by atoms with E-state index in [1.807, 2.05) is 0 Å². The molecule has 2 aliphatic heterocycles. The average Bonchev–Trinajstić information content (AvgIpc) is 3.69. The molecule has 286 valence electrons. The molecule has 53 heavy (non-hydrogen) atoms. The van der Waals surface area contributed by atoms with E-state index < -0.39 is 70.8 Å². The van der Waals surface area contributed by atoms with Crippen molar-refractivity contribution >= 4 is 45.0 Å². The smallest absolute Gasteiger partial charge is 0.274 e. The SMILES string of the molecule is COc1ccc(S(=O)(=O)N2C(=O)C(c3ccccc3OC)(N3C[C@H](OCC(=O)NC(C)(CO)CO)C[C@H]3C(=O)N(C)C)c3cc(Cl)ccc32)c(OC)c1. The highest BCUT2D eigenvalue weighted by atomic mass is 35.5. The van der Waals surface area contributed by atoms with Crippen LogP contribution in [0.25, 0.3) is 0 Å². The van der Waals surface area contributed by atoms with Crippen LogP contribution in [0.3, 0.4) is 0 Å². The number of methoxy groups -OCH3 is 3. The van der Waals surface area contributed by atoms with Gasteiger partial charge in [-0.25, -0.2) is 12.7 Å². The third kappa shape index (κ3) is 7.02. The molecular weight excluding hydrogens is 732 g/mol. The van der Waals surface area contributed by atoms with Gasteiger partial charge in [-0.05, 0) is 49.7 Å². The van der Waals surface area contributed by atoms with E-state index >= 15 is 4.79 Å². The van der Waals surface area contributed by atoms with Crippen LogP contribution in [-0.2, 0) is 34.7 Å². The first-order valence-corrected chi connectivity index (χ1v) is 18.3. The number of hydrogen-bond donors (Lipinski definition) is 3. The molecule has 0 saturated carbocycles. The number of aliphatic hydroxyl groups excluding tert-OH is 2. The molecule has 0 aromatic heterocycles. The fraction of sp³-hybridized carbons (Fsp3) is 0.417. The lowest BCUT2D eigenvalue weighted by Crippen LogP contribution is -2.59. The van der Waals surface area contributed by atoms with Crippen LogP contribution < -0.4 is 23.8 Å². The van der Waals surface area contributed by atoms with Crippen molar-refractivity contribution in [1.82, 2.24) is 15.1 Å². The van der Waals surface area contributed by atoms with E-state index in [2.05, 4.69) is 5.32 Å². The summed E-state index contributed by atoms with van der Waals surface area (Å²) in [5.41, 5.74) is -2.99. The second-order valence-corrected chi connectivity index (χ2v) is 15.3. The van der Waals surface area contributed by atoms with Gasteiger partial charge >= 0.3 is 0 Å². The fourth-order valence-corrected chi connectivity index (χ4v) is 8.60. The lowest BCUT2D eigenvalue weighted by atomic mass is 9.80. The molecule has 2 heterocycles. The Hall–Kier alpha value is -4.45. The molecule has 17 heteroatoms. The molecule has 3 N–H and O–H groups in total. The average molecular weight is 775 g/mol. The Morgan fingerprint density at radius 2 is 1.66 bits per heavy atom. The number of likely N-dealkylation sites (N-methyl/N-ethyl adjacent to an activating group) is 1. The van der Waals surface area contributed by atoms with Crippen LogP contribution in [0, 0.1) is 0 Å². The highest BCUT2D eigenvalue weighted by Crippen LogP contribution is 2.55. The van der Waals surface area contributed by atoms with Gasteiger partial charge in [0.05, 0.1) is 57.9 Å². The Morgan fingerprint density at radius 1 is 0.981 bits per heavy atom. The van der Waals surface area contributed by atoms with E-state index in [0.29, 0.717) is 10.1 Å². The maximum Gasteiger partial charge on any atom is 0.274 e. The molecule has 3 amide bonds. The van der Waals surface area contributed by atoms with Gasteiger partial charge in [-0.2, -0.15) is 0 Å². The van der Waals surface area contributed by atoms with E-state index in [1.54, 1.807) is 43.3 Å². The second-order valence-electron chi connectivity index (χ2n) is 13.2. The van der Waals surface area contributed by atoms with Gasteiger partial charge in [-0.1, -0.05) is 29.8 Å². The van der Waals surface area contributed by atoms with Gasteiger partial charge in [0.25, 0.3) is 15.9 Å². The first-order chi connectivity index (χ1) is 25.1. The minimum absolute atomic E-state index is 0.000687. The lowest BCUT2D eigenvalue weighted by molar-refractivity contribution is -0.138. The van der Waals surface area contributed by atoms with Crippen molar-refractivity contribution in [2.45, 2.75) is 41.5 Å². The highest BCUT2D eigenvalue weighted by molar-refractivity contribution is 7.93. The Morgan fingerprint density at radius 3 is 2.28 bits per heavy atom. The van der Waals surface area contributed by atoms with Crippen molar-refractivity contribution < 1.29 is 52.0 Å². The molecule has 0 spiro atoms. The number of amides is 3. The van der Waals surface area contributed by atoms with Crippen LogP contribution >= 0.6 is 11.6 Å². The summed E-state index contributed by atoms with van der Waals surface area (Å²) < 4.78 is 52.9. The number of para-hydroxylation sites is 1. The zero-order valence-corrected chi connectivity index (χ0v) is 31.7. The minimum atomic E-state index is -4.75. The molecule has 0 bridgehead atoms. The van der Waals surface area contributed by atoms with Gasteiger partial charge in [-0.3, -0.25) is 19.3 Å². The van der Waals surface area contributed by atoms with Crippen LogP contribution in [0.1, 0.15) is 24.5 Å². The number of aliphatic hydroxyl groups is 2. The molecular formula is C36H43ClN4O11S. The van der Waals surface area contributed by atoms with Gasteiger partial charge < -0.3 is 39.4 Å². The molecule has 1 unspecified atom stereocenters. The van der Waals surface area contributed by atoms with Gasteiger partial charge in [0.1, 0.15) is 28.8 Å². The highest BCUT2D eigenvalue weighted by Gasteiger charge is 2.64. The maximum atomic E-state index is 15.6. The monoisotopic (exact) mass is 774 g/mol. The molecule has 3 atom stereocenters. The zero-order valence-electron chi connectivity index (χ0n) is 30.2. The Kier molecular flexibility index (Phi) is 11.6. The molecule has 3 aromatic rings. The number of sulfonamides is 1. The molecule has 5 rings (SSSR count). The third-order valence-corrected chi connectivity index (χ3v) is 11.4. The van der Waals surface area contributed by atoms with Gasteiger partial charge in [-0.15, -0.1) is 0 Å². The predicted octanol–water partition coefficient (Wildman–Crippen LogP) is 1.75. The number of benzene rings is 3. The molecule has 2 aliphatic rings. The summed E-state index contributed by atoms with van der Waals surface area (Å²) in [4.78, 5) is 45.2. The van der Waals surface area contributed by atoms with Crippen molar-refractivity contribution in [3.63, 3.8) is 0 Å². The van der Waals surface area contributed by atoms with E-state index in [-0.39, 0.29) is 51.2 Å². The Balaban J connectivity index is 1.73. The van der Waals surface area contributed by atoms with Crippen LogP contribution in [0.2, 0.25) is 5.02 Å². The summed E-state index contributed by atoms with van der Waals surface area (Å²) >= 11 is 6.62.